The Morgan fingerprint density at radius 1 is 1.32 bits per heavy atom. The van der Waals surface area contributed by atoms with E-state index in [4.69, 9.17) is 4.74 Å². The van der Waals surface area contributed by atoms with Gasteiger partial charge in [-0.15, -0.1) is 11.8 Å². The predicted molar refractivity (Wildman–Crippen MR) is 90.6 cm³/mol. The molecule has 0 saturated carbocycles. The number of esters is 1. The highest BCUT2D eigenvalue weighted by Gasteiger charge is 2.53. The molecule has 1 aromatic rings. The van der Waals surface area contributed by atoms with Crippen molar-refractivity contribution in [2.45, 2.75) is 30.7 Å². The molecule has 2 aliphatic heterocycles. The predicted octanol–water partition coefficient (Wildman–Crippen LogP) is 0.940. The second-order valence-corrected chi connectivity index (χ2v) is 7.62. The minimum atomic E-state index is -0.705. The number of ether oxygens (including phenoxy) is 1. The van der Waals surface area contributed by atoms with Gasteiger partial charge in [-0.2, -0.15) is 0 Å². The van der Waals surface area contributed by atoms with Crippen molar-refractivity contribution in [3.05, 3.63) is 35.9 Å². The van der Waals surface area contributed by atoms with Crippen LogP contribution in [0.25, 0.3) is 0 Å². The Morgan fingerprint density at radius 3 is 2.76 bits per heavy atom. The average Bonchev–Trinajstić information content (AvgIpc) is 3.10. The number of benzene rings is 1. The van der Waals surface area contributed by atoms with E-state index in [2.05, 4.69) is 5.32 Å². The molecule has 2 fully saturated rings. The maximum Gasteiger partial charge on any atom is 0.330 e. The lowest BCUT2D eigenvalue weighted by molar-refractivity contribution is -0.156. The smallest absolute Gasteiger partial charge is 0.330 e. The molecule has 3 rings (SSSR count). The topological polar surface area (TPSA) is 92.8 Å². The maximum atomic E-state index is 12.2. The van der Waals surface area contributed by atoms with E-state index < -0.39 is 30.4 Å². The number of amides is 3. The summed E-state index contributed by atoms with van der Waals surface area (Å²) in [5.74, 6) is -1.50. The Kier molecular flexibility index (Phi) is 4.80. The minimum absolute atomic E-state index is 0.0712. The van der Waals surface area contributed by atoms with Gasteiger partial charge in [0, 0.05) is 17.7 Å². The van der Waals surface area contributed by atoms with Crippen molar-refractivity contribution in [3.63, 3.8) is 0 Å². The summed E-state index contributed by atoms with van der Waals surface area (Å²) in [6.45, 7) is 1.37. The molecular formula is C17H18N2O5S. The molecule has 132 valence electrons. The summed E-state index contributed by atoms with van der Waals surface area (Å²) in [7, 11) is 0. The fourth-order valence-corrected chi connectivity index (χ4v) is 4.47. The van der Waals surface area contributed by atoms with E-state index in [0.717, 1.165) is 0 Å². The Morgan fingerprint density at radius 2 is 2.04 bits per heavy atom. The second-order valence-electron chi connectivity index (χ2n) is 6.12. The third-order valence-electron chi connectivity index (χ3n) is 4.35. The third-order valence-corrected chi connectivity index (χ3v) is 5.86. The molecule has 2 saturated heterocycles. The van der Waals surface area contributed by atoms with Crippen molar-refractivity contribution in [2.75, 3.05) is 12.4 Å². The normalized spacial score (nSPS) is 24.8. The van der Waals surface area contributed by atoms with Crippen molar-refractivity contribution in [3.8, 4) is 0 Å². The van der Waals surface area contributed by atoms with E-state index in [0.29, 0.717) is 24.2 Å². The highest BCUT2D eigenvalue weighted by molar-refractivity contribution is 8.01. The molecule has 0 bridgehead atoms. The zero-order valence-corrected chi connectivity index (χ0v) is 14.5. The number of carbonyl (C=O) groups excluding carboxylic acids is 4. The molecule has 2 aliphatic rings. The van der Waals surface area contributed by atoms with Crippen LogP contribution in [-0.4, -0.2) is 51.9 Å². The molecule has 2 atom stereocenters. The van der Waals surface area contributed by atoms with Crippen LogP contribution in [0.5, 0.6) is 0 Å². The van der Waals surface area contributed by atoms with Crippen LogP contribution in [0.15, 0.2) is 30.3 Å². The van der Waals surface area contributed by atoms with Gasteiger partial charge in [-0.3, -0.25) is 19.7 Å². The van der Waals surface area contributed by atoms with E-state index in [1.165, 1.54) is 0 Å². The molecule has 0 aliphatic carbocycles. The molecule has 1 aromatic carbocycles. The number of hydrogen-bond acceptors (Lipinski definition) is 6. The number of hydrogen-bond donors (Lipinski definition) is 1. The lowest BCUT2D eigenvalue weighted by atomic mass is 10.2. The molecule has 8 heteroatoms. The first kappa shape index (κ1) is 17.5. The fraction of sp³-hybridized carbons (Fsp3) is 0.412. The molecule has 0 aromatic heterocycles. The molecule has 1 N–H and O–H groups in total. The van der Waals surface area contributed by atoms with Crippen molar-refractivity contribution in [1.82, 2.24) is 10.2 Å². The minimum Gasteiger partial charge on any atom is -0.454 e. The van der Waals surface area contributed by atoms with Gasteiger partial charge in [0.15, 0.2) is 6.61 Å². The van der Waals surface area contributed by atoms with Crippen LogP contribution in [-0.2, 0) is 19.1 Å². The first-order valence-corrected chi connectivity index (χ1v) is 8.91. The van der Waals surface area contributed by atoms with E-state index in [-0.39, 0.29) is 10.8 Å². The second kappa shape index (κ2) is 6.87. The van der Waals surface area contributed by atoms with Crippen LogP contribution in [0.2, 0.25) is 0 Å². The highest BCUT2D eigenvalue weighted by Crippen LogP contribution is 2.47. The molecular weight excluding hydrogens is 344 g/mol. The van der Waals surface area contributed by atoms with Gasteiger partial charge in [0.05, 0.1) is 4.87 Å². The van der Waals surface area contributed by atoms with Gasteiger partial charge >= 0.3 is 5.97 Å². The van der Waals surface area contributed by atoms with Gasteiger partial charge in [0.1, 0.15) is 6.04 Å². The Balaban J connectivity index is 1.52. The first-order chi connectivity index (χ1) is 11.9. The van der Waals surface area contributed by atoms with Crippen molar-refractivity contribution in [2.24, 2.45) is 0 Å². The Labute approximate surface area is 149 Å². The summed E-state index contributed by atoms with van der Waals surface area (Å²) >= 11 is 1.55. The lowest BCUT2D eigenvalue weighted by Gasteiger charge is -2.29. The van der Waals surface area contributed by atoms with Crippen LogP contribution in [0.4, 0.5) is 0 Å². The van der Waals surface area contributed by atoms with Crippen LogP contribution in [0, 0.1) is 0 Å². The van der Waals surface area contributed by atoms with Crippen LogP contribution < -0.4 is 5.32 Å². The number of carbonyl (C=O) groups is 4. The molecule has 7 nitrogen and oxygen atoms in total. The first-order valence-electron chi connectivity index (χ1n) is 7.93. The summed E-state index contributed by atoms with van der Waals surface area (Å²) in [6.07, 6.45) is 1.12. The molecule has 0 radical (unpaired) electrons. The lowest BCUT2D eigenvalue weighted by Crippen LogP contribution is -2.47. The summed E-state index contributed by atoms with van der Waals surface area (Å²) < 4.78 is 5.02. The summed E-state index contributed by atoms with van der Waals surface area (Å²) in [5, 5.41) is 2.16. The van der Waals surface area contributed by atoms with Gasteiger partial charge < -0.3 is 9.64 Å². The van der Waals surface area contributed by atoms with Gasteiger partial charge in [-0.05, 0) is 25.5 Å². The van der Waals surface area contributed by atoms with E-state index >= 15 is 0 Å². The van der Waals surface area contributed by atoms with Crippen LogP contribution in [0.1, 0.15) is 30.1 Å². The quantitative estimate of drug-likeness (QED) is 0.802. The van der Waals surface area contributed by atoms with Gasteiger partial charge in [0.25, 0.3) is 11.8 Å². The number of fused-ring (bicyclic) bond motifs is 1. The number of thioether (sulfide) groups is 1. The fourth-order valence-electron chi connectivity index (χ4n) is 3.05. The summed E-state index contributed by atoms with van der Waals surface area (Å²) in [6, 6.07) is 7.59. The zero-order chi connectivity index (χ0) is 18.0. The summed E-state index contributed by atoms with van der Waals surface area (Å²) in [5.41, 5.74) is 0.341. The average molecular weight is 362 g/mol. The van der Waals surface area contributed by atoms with Crippen molar-refractivity contribution >= 4 is 35.5 Å². The van der Waals surface area contributed by atoms with E-state index in [1.54, 1.807) is 47.0 Å². The molecule has 2 heterocycles. The standard InChI is InChI=1S/C17H18N2O5S/c1-17-8-7-14(21)19(17)12(10-25-17)16(23)24-9-13(20)18-15(22)11-5-3-2-4-6-11/h2-6,12H,7-10H2,1H3,(H,18,20,22)/t12-,17+/m1/s1. The number of rotatable bonds is 4. The number of imide groups is 1. The third kappa shape index (κ3) is 3.53. The molecule has 0 spiro atoms. The van der Waals surface area contributed by atoms with E-state index in [9.17, 15) is 19.2 Å². The Bertz CT molecular complexity index is 723. The monoisotopic (exact) mass is 362 g/mol. The van der Waals surface area contributed by atoms with E-state index in [1.807, 2.05) is 6.92 Å². The number of nitrogens with zero attached hydrogens (tertiary/aromatic N) is 1. The van der Waals surface area contributed by atoms with Crippen molar-refractivity contribution in [1.29, 1.82) is 0 Å². The highest BCUT2D eigenvalue weighted by atomic mass is 32.2. The largest absolute Gasteiger partial charge is 0.454 e. The Hall–Kier alpha value is -2.35. The SMILES string of the molecule is C[C@]12CCC(=O)N1[C@@H](C(=O)OCC(=O)NC(=O)c1ccccc1)CS2. The van der Waals surface area contributed by atoms with Crippen LogP contribution >= 0.6 is 11.8 Å². The zero-order valence-electron chi connectivity index (χ0n) is 13.7. The van der Waals surface area contributed by atoms with Gasteiger partial charge in [0.2, 0.25) is 5.91 Å². The molecule has 25 heavy (non-hydrogen) atoms. The molecule has 0 unspecified atom stereocenters. The number of nitrogens with one attached hydrogen (secondary N) is 1. The van der Waals surface area contributed by atoms with Crippen LogP contribution in [0.3, 0.4) is 0 Å². The summed E-state index contributed by atoms with van der Waals surface area (Å²) in [4.78, 5) is 49.1. The van der Waals surface area contributed by atoms with Gasteiger partial charge in [-0.25, -0.2) is 4.79 Å². The molecule has 3 amide bonds. The van der Waals surface area contributed by atoms with Crippen molar-refractivity contribution < 1.29 is 23.9 Å². The van der Waals surface area contributed by atoms with Gasteiger partial charge in [-0.1, -0.05) is 18.2 Å². The maximum absolute atomic E-state index is 12.2.